The summed E-state index contributed by atoms with van der Waals surface area (Å²) in [5.41, 5.74) is -0.402. The number of halogens is 1. The van der Waals surface area contributed by atoms with Crippen LogP contribution < -0.4 is 5.32 Å². The third kappa shape index (κ3) is 5.02. The van der Waals surface area contributed by atoms with Crippen LogP contribution in [0.2, 0.25) is 5.02 Å². The van der Waals surface area contributed by atoms with Crippen molar-refractivity contribution < 1.29 is 19.1 Å². The third-order valence-electron chi connectivity index (χ3n) is 4.09. The maximum Gasteiger partial charge on any atom is 0.329 e. The van der Waals surface area contributed by atoms with Crippen LogP contribution in [0.25, 0.3) is 11.3 Å². The Kier molecular flexibility index (Phi) is 6.72. The zero-order valence-electron chi connectivity index (χ0n) is 14.8. The molecule has 0 fully saturated rings. The predicted molar refractivity (Wildman–Crippen MR) is 102 cm³/mol. The molecule has 1 aromatic heterocycles. The fourth-order valence-corrected chi connectivity index (χ4v) is 2.93. The van der Waals surface area contributed by atoms with Crippen LogP contribution in [0.3, 0.4) is 0 Å². The second-order valence-corrected chi connectivity index (χ2v) is 7.82. The number of carboxylic acid groups (broad SMARTS) is 1. The number of carboxylic acids is 1. The standard InChI is InChI=1S/C18H21ClN2O4S/c1-4-18(3,17(23)24)21-16(22)11(2)26-10-15-20-9-14(25-15)12-5-7-13(19)8-6-12/h5-9,11H,4,10H2,1-3H3,(H,21,22)(H,23,24). The van der Waals surface area contributed by atoms with Gasteiger partial charge in [0.2, 0.25) is 11.8 Å². The number of amides is 1. The van der Waals surface area contributed by atoms with Gasteiger partial charge in [-0.05, 0) is 44.5 Å². The largest absolute Gasteiger partial charge is 0.480 e. The summed E-state index contributed by atoms with van der Waals surface area (Å²) in [7, 11) is 0. The number of thioether (sulfide) groups is 1. The number of aliphatic carboxylic acids is 1. The van der Waals surface area contributed by atoms with Gasteiger partial charge in [-0.3, -0.25) is 4.79 Å². The van der Waals surface area contributed by atoms with Crippen molar-refractivity contribution in [1.29, 1.82) is 0 Å². The summed E-state index contributed by atoms with van der Waals surface area (Å²) in [6, 6.07) is 7.22. The molecule has 2 atom stereocenters. The van der Waals surface area contributed by atoms with Gasteiger partial charge in [-0.1, -0.05) is 18.5 Å². The van der Waals surface area contributed by atoms with Gasteiger partial charge in [0.25, 0.3) is 0 Å². The molecule has 0 aliphatic heterocycles. The topological polar surface area (TPSA) is 92.4 Å². The molecule has 2 rings (SSSR count). The van der Waals surface area contributed by atoms with E-state index in [1.165, 1.54) is 18.7 Å². The van der Waals surface area contributed by atoms with Crippen LogP contribution in [-0.2, 0) is 15.3 Å². The van der Waals surface area contributed by atoms with Gasteiger partial charge in [-0.15, -0.1) is 11.8 Å². The van der Waals surface area contributed by atoms with Gasteiger partial charge in [0.15, 0.2) is 5.76 Å². The maximum absolute atomic E-state index is 12.2. The Morgan fingerprint density at radius 2 is 2.04 bits per heavy atom. The molecule has 0 radical (unpaired) electrons. The van der Waals surface area contributed by atoms with E-state index in [9.17, 15) is 14.7 Å². The molecule has 1 heterocycles. The van der Waals surface area contributed by atoms with E-state index in [2.05, 4.69) is 10.3 Å². The number of nitrogens with one attached hydrogen (secondary N) is 1. The first-order valence-corrected chi connectivity index (χ1v) is 9.55. The molecule has 2 aromatic rings. The number of nitrogens with zero attached hydrogens (tertiary/aromatic N) is 1. The van der Waals surface area contributed by atoms with Crippen molar-refractivity contribution in [3.8, 4) is 11.3 Å². The molecule has 0 aliphatic carbocycles. The fourth-order valence-electron chi connectivity index (χ4n) is 2.06. The van der Waals surface area contributed by atoms with Crippen LogP contribution in [0.5, 0.6) is 0 Å². The molecular formula is C18H21ClN2O4S. The van der Waals surface area contributed by atoms with Crippen LogP contribution in [-0.4, -0.2) is 32.8 Å². The van der Waals surface area contributed by atoms with Gasteiger partial charge in [-0.2, -0.15) is 0 Å². The molecule has 0 bridgehead atoms. The molecule has 1 aromatic carbocycles. The van der Waals surface area contributed by atoms with Crippen molar-refractivity contribution in [2.75, 3.05) is 0 Å². The number of benzene rings is 1. The normalized spacial score (nSPS) is 14.5. The third-order valence-corrected chi connectivity index (χ3v) is 5.47. The SMILES string of the molecule is CCC(C)(NC(=O)C(C)SCc1ncc(-c2ccc(Cl)cc2)o1)C(=O)O. The monoisotopic (exact) mass is 396 g/mol. The highest BCUT2D eigenvalue weighted by atomic mass is 35.5. The molecule has 2 N–H and O–H groups in total. The first-order valence-electron chi connectivity index (χ1n) is 8.13. The van der Waals surface area contributed by atoms with Crippen molar-refractivity contribution in [2.45, 2.75) is 43.7 Å². The zero-order chi connectivity index (χ0) is 19.3. The van der Waals surface area contributed by atoms with Crippen LogP contribution in [0.1, 0.15) is 33.1 Å². The minimum atomic E-state index is -1.27. The lowest BCUT2D eigenvalue weighted by Gasteiger charge is -2.26. The number of oxazole rings is 1. The molecule has 6 nitrogen and oxygen atoms in total. The Balaban J connectivity index is 1.93. The summed E-state index contributed by atoms with van der Waals surface area (Å²) in [6.07, 6.45) is 1.93. The molecule has 0 aliphatic rings. The zero-order valence-corrected chi connectivity index (χ0v) is 16.4. The predicted octanol–water partition coefficient (Wildman–Crippen LogP) is 3.99. The van der Waals surface area contributed by atoms with E-state index in [4.69, 9.17) is 16.0 Å². The Morgan fingerprint density at radius 1 is 1.38 bits per heavy atom. The molecule has 8 heteroatoms. The summed E-state index contributed by atoms with van der Waals surface area (Å²) < 4.78 is 5.70. The highest BCUT2D eigenvalue weighted by Crippen LogP contribution is 2.25. The highest BCUT2D eigenvalue weighted by Gasteiger charge is 2.34. The average molecular weight is 397 g/mol. The van der Waals surface area contributed by atoms with Gasteiger partial charge in [-0.25, -0.2) is 9.78 Å². The van der Waals surface area contributed by atoms with Crippen molar-refractivity contribution in [3.63, 3.8) is 0 Å². The number of carbonyl (C=O) groups excluding carboxylic acids is 1. The first kappa shape index (κ1) is 20.3. The molecule has 2 unspecified atom stereocenters. The summed E-state index contributed by atoms with van der Waals surface area (Å²) >= 11 is 7.20. The molecule has 1 amide bonds. The number of aromatic nitrogens is 1. The molecule has 0 saturated heterocycles. The summed E-state index contributed by atoms with van der Waals surface area (Å²) in [5.74, 6) is 0.143. The van der Waals surface area contributed by atoms with E-state index in [0.29, 0.717) is 28.8 Å². The van der Waals surface area contributed by atoms with Crippen LogP contribution in [0, 0.1) is 0 Å². The van der Waals surface area contributed by atoms with Crippen molar-refractivity contribution in [1.82, 2.24) is 10.3 Å². The van der Waals surface area contributed by atoms with E-state index in [-0.39, 0.29) is 5.91 Å². The van der Waals surface area contributed by atoms with Gasteiger partial charge in [0.1, 0.15) is 5.54 Å². The molecule has 0 spiro atoms. The Hall–Kier alpha value is -1.99. The lowest BCUT2D eigenvalue weighted by molar-refractivity contribution is -0.146. The van der Waals surface area contributed by atoms with E-state index >= 15 is 0 Å². The number of hydrogen-bond acceptors (Lipinski definition) is 5. The van der Waals surface area contributed by atoms with E-state index in [0.717, 1.165) is 5.56 Å². The Labute approximate surface area is 161 Å². The molecule has 140 valence electrons. The van der Waals surface area contributed by atoms with E-state index < -0.39 is 16.8 Å². The van der Waals surface area contributed by atoms with Crippen LogP contribution >= 0.6 is 23.4 Å². The van der Waals surface area contributed by atoms with Gasteiger partial charge in [0, 0.05) is 10.6 Å². The summed E-state index contributed by atoms with van der Waals surface area (Å²) in [6.45, 7) is 4.94. The second-order valence-electron chi connectivity index (χ2n) is 6.06. The van der Waals surface area contributed by atoms with Gasteiger partial charge < -0.3 is 14.8 Å². The van der Waals surface area contributed by atoms with Gasteiger partial charge in [0.05, 0.1) is 17.2 Å². The van der Waals surface area contributed by atoms with E-state index in [1.54, 1.807) is 32.2 Å². The first-order chi connectivity index (χ1) is 12.2. The van der Waals surface area contributed by atoms with E-state index in [1.807, 2.05) is 12.1 Å². The van der Waals surface area contributed by atoms with Crippen molar-refractivity contribution >= 4 is 35.2 Å². The minimum absolute atomic E-state index is 0.301. The fraction of sp³-hybridized carbons (Fsp3) is 0.389. The van der Waals surface area contributed by atoms with Crippen LogP contribution in [0.15, 0.2) is 34.9 Å². The lowest BCUT2D eigenvalue weighted by atomic mass is 9.99. The average Bonchev–Trinajstić information content (AvgIpc) is 3.08. The Morgan fingerprint density at radius 3 is 2.62 bits per heavy atom. The second kappa shape index (κ2) is 8.60. The van der Waals surface area contributed by atoms with Crippen LogP contribution in [0.4, 0.5) is 0 Å². The number of carbonyl (C=O) groups is 2. The summed E-state index contributed by atoms with van der Waals surface area (Å²) in [5, 5.41) is 12.0. The highest BCUT2D eigenvalue weighted by molar-refractivity contribution is 7.99. The maximum atomic E-state index is 12.2. The van der Waals surface area contributed by atoms with Crippen molar-refractivity contribution in [2.24, 2.45) is 0 Å². The smallest absolute Gasteiger partial charge is 0.329 e. The quantitative estimate of drug-likeness (QED) is 0.700. The van der Waals surface area contributed by atoms with Crippen molar-refractivity contribution in [3.05, 3.63) is 41.4 Å². The molecule has 0 saturated carbocycles. The van der Waals surface area contributed by atoms with Gasteiger partial charge >= 0.3 is 5.97 Å². The number of hydrogen-bond donors (Lipinski definition) is 2. The minimum Gasteiger partial charge on any atom is -0.480 e. The Bertz CT molecular complexity index is 778. The lowest BCUT2D eigenvalue weighted by Crippen LogP contribution is -2.53. The molecular weight excluding hydrogens is 376 g/mol. The summed E-state index contributed by atoms with van der Waals surface area (Å²) in [4.78, 5) is 27.8. The number of rotatable bonds is 8. The molecule has 26 heavy (non-hydrogen) atoms.